The predicted octanol–water partition coefficient (Wildman–Crippen LogP) is 3.37. The fourth-order valence-electron chi connectivity index (χ4n) is 5.38. The zero-order valence-corrected chi connectivity index (χ0v) is 18.6. The van der Waals surface area contributed by atoms with Crippen LogP contribution >= 0.6 is 0 Å². The lowest BCUT2D eigenvalue weighted by atomic mass is 9.71. The summed E-state index contributed by atoms with van der Waals surface area (Å²) in [5.41, 5.74) is 0.715. The first kappa shape index (κ1) is 21.7. The molecule has 172 valence electrons. The maximum absolute atomic E-state index is 14.0. The minimum absolute atomic E-state index is 0.0666. The number of carbonyl (C=O) groups is 2. The summed E-state index contributed by atoms with van der Waals surface area (Å²) >= 11 is 0. The molecular weight excluding hydrogens is 436 g/mol. The summed E-state index contributed by atoms with van der Waals surface area (Å²) in [7, 11) is 3.34. The van der Waals surface area contributed by atoms with Crippen molar-refractivity contribution in [2.75, 3.05) is 26.0 Å². The number of methoxy groups -OCH3 is 1. The van der Waals surface area contributed by atoms with Crippen molar-refractivity contribution in [2.24, 2.45) is 5.92 Å². The van der Waals surface area contributed by atoms with Crippen molar-refractivity contribution < 1.29 is 19.2 Å². The molecule has 2 aliphatic rings. The first-order valence-corrected chi connectivity index (χ1v) is 10.8. The third kappa shape index (κ3) is 3.08. The molecule has 1 aromatic heterocycles. The van der Waals surface area contributed by atoms with Crippen LogP contribution in [0.25, 0.3) is 0 Å². The lowest BCUT2D eigenvalue weighted by Gasteiger charge is -2.35. The number of Topliss-reactive ketones (excluding diaryl/α,β-unsaturated/α-hetero) is 1. The number of fused-ring (bicyclic) bond motifs is 2. The number of hydrogen-bond donors (Lipinski definition) is 1. The number of likely N-dealkylation sites (N-methyl/N-ethyl adjacent to an activating group) is 1. The maximum atomic E-state index is 14.0. The zero-order chi connectivity index (χ0) is 24.0. The lowest BCUT2D eigenvalue weighted by Crippen LogP contribution is -2.51. The molecule has 9 heteroatoms. The number of nitrogens with zero attached hydrogens (tertiary/aromatic N) is 3. The van der Waals surface area contributed by atoms with Crippen LogP contribution in [0.1, 0.15) is 27.5 Å². The van der Waals surface area contributed by atoms with Crippen LogP contribution in [0.2, 0.25) is 0 Å². The summed E-state index contributed by atoms with van der Waals surface area (Å²) < 4.78 is 5.42. The van der Waals surface area contributed by atoms with E-state index in [0.29, 0.717) is 29.1 Å². The molecule has 1 N–H and O–H groups in total. The summed E-state index contributed by atoms with van der Waals surface area (Å²) in [6, 6.07) is 16.6. The third-order valence-corrected chi connectivity index (χ3v) is 6.87. The van der Waals surface area contributed by atoms with Crippen molar-refractivity contribution in [1.29, 1.82) is 0 Å². The van der Waals surface area contributed by atoms with Crippen LogP contribution in [-0.2, 0) is 10.3 Å². The normalized spacial score (nSPS) is 23.5. The van der Waals surface area contributed by atoms with Gasteiger partial charge in [0.2, 0.25) is 5.91 Å². The second-order valence-corrected chi connectivity index (χ2v) is 8.53. The summed E-state index contributed by atoms with van der Waals surface area (Å²) in [5, 5.41) is 14.4. The van der Waals surface area contributed by atoms with Gasteiger partial charge >= 0.3 is 0 Å². The van der Waals surface area contributed by atoms with Crippen LogP contribution < -0.4 is 10.1 Å². The van der Waals surface area contributed by atoms with Crippen molar-refractivity contribution in [3.8, 4) is 5.75 Å². The van der Waals surface area contributed by atoms with E-state index in [1.165, 1.54) is 18.3 Å². The summed E-state index contributed by atoms with van der Waals surface area (Å²) in [6.45, 7) is 0.342. The fraction of sp³-hybridized carbons (Fsp3) is 0.240. The zero-order valence-electron chi connectivity index (χ0n) is 18.6. The van der Waals surface area contributed by atoms with Gasteiger partial charge in [-0.15, -0.1) is 0 Å². The quantitative estimate of drug-likeness (QED) is 0.354. The van der Waals surface area contributed by atoms with Crippen molar-refractivity contribution in [2.45, 2.75) is 11.5 Å². The maximum Gasteiger partial charge on any atom is 0.269 e. The Hall–Kier alpha value is -4.11. The summed E-state index contributed by atoms with van der Waals surface area (Å²) in [4.78, 5) is 44.8. The molecule has 3 heterocycles. The van der Waals surface area contributed by atoms with E-state index in [2.05, 4.69) is 10.3 Å². The molecule has 3 unspecified atom stereocenters. The molecular formula is C25H22N4O5. The molecule has 1 spiro atoms. The number of nitro groups is 1. The average molecular weight is 458 g/mol. The van der Waals surface area contributed by atoms with Gasteiger partial charge in [-0.3, -0.25) is 29.6 Å². The van der Waals surface area contributed by atoms with Crippen LogP contribution in [0.5, 0.6) is 5.75 Å². The molecule has 1 saturated heterocycles. The Labute approximate surface area is 195 Å². The Morgan fingerprint density at radius 2 is 2.03 bits per heavy atom. The van der Waals surface area contributed by atoms with Gasteiger partial charge in [-0.25, -0.2) is 0 Å². The van der Waals surface area contributed by atoms with Crippen molar-refractivity contribution in [3.63, 3.8) is 0 Å². The van der Waals surface area contributed by atoms with E-state index >= 15 is 0 Å². The minimum atomic E-state index is -1.33. The standard InChI is InChI=1S/C25H22N4O5/c1-28-14-18(15-6-5-7-16(12-15)29(32)33)22(23(30)21-8-3-4-11-26-21)25(28)19-13-17(34-2)9-10-20(19)27-24(25)31/h3-13,18,22H,14H2,1-2H3,(H,27,31). The highest BCUT2D eigenvalue weighted by Crippen LogP contribution is 2.56. The number of pyridine rings is 1. The number of carbonyl (C=O) groups excluding carboxylic acids is 2. The van der Waals surface area contributed by atoms with Gasteiger partial charge in [0.05, 0.1) is 18.0 Å². The predicted molar refractivity (Wildman–Crippen MR) is 124 cm³/mol. The number of non-ortho nitro benzene ring substituents is 1. The van der Waals surface area contributed by atoms with Gasteiger partial charge in [-0.1, -0.05) is 18.2 Å². The van der Waals surface area contributed by atoms with Crippen LogP contribution in [-0.4, -0.2) is 47.2 Å². The lowest BCUT2D eigenvalue weighted by molar-refractivity contribution is -0.384. The fourth-order valence-corrected chi connectivity index (χ4v) is 5.38. The average Bonchev–Trinajstić information content (AvgIpc) is 3.33. The Morgan fingerprint density at radius 3 is 2.74 bits per heavy atom. The molecule has 2 aliphatic heterocycles. The van der Waals surface area contributed by atoms with Gasteiger partial charge in [-0.2, -0.15) is 0 Å². The van der Waals surface area contributed by atoms with E-state index in [4.69, 9.17) is 4.74 Å². The van der Waals surface area contributed by atoms with Crippen LogP contribution in [0.3, 0.4) is 0 Å². The number of hydrogen-bond acceptors (Lipinski definition) is 7. The van der Waals surface area contributed by atoms with E-state index < -0.39 is 22.3 Å². The Morgan fingerprint density at radius 1 is 1.21 bits per heavy atom. The number of aromatic nitrogens is 1. The number of nitrogens with one attached hydrogen (secondary N) is 1. The number of nitro benzene ring substituents is 1. The minimum Gasteiger partial charge on any atom is -0.497 e. The number of amides is 1. The number of rotatable bonds is 5. The highest BCUT2D eigenvalue weighted by molar-refractivity contribution is 6.12. The molecule has 9 nitrogen and oxygen atoms in total. The molecule has 34 heavy (non-hydrogen) atoms. The Bertz CT molecular complexity index is 1310. The molecule has 3 aromatic rings. The molecule has 5 rings (SSSR count). The molecule has 0 bridgehead atoms. The van der Waals surface area contributed by atoms with Gasteiger partial charge < -0.3 is 10.1 Å². The van der Waals surface area contributed by atoms with Crippen molar-refractivity contribution >= 4 is 23.1 Å². The number of anilines is 1. The van der Waals surface area contributed by atoms with Gasteiger partial charge in [0.25, 0.3) is 5.69 Å². The molecule has 2 aromatic carbocycles. The Kier molecular flexibility index (Phi) is 5.13. The molecule has 1 amide bonds. The van der Waals surface area contributed by atoms with E-state index in [1.807, 2.05) is 4.90 Å². The number of ether oxygens (including phenoxy) is 1. The first-order valence-electron chi connectivity index (χ1n) is 10.8. The highest BCUT2D eigenvalue weighted by atomic mass is 16.6. The SMILES string of the molecule is COc1ccc2c(c1)C1(C(=O)N2)C(C(=O)c2ccccn2)C(c2cccc([N+](=O)[O-])c2)CN1C. The van der Waals surface area contributed by atoms with E-state index in [0.717, 1.165) is 0 Å². The monoisotopic (exact) mass is 458 g/mol. The second kappa shape index (κ2) is 8.03. The smallest absolute Gasteiger partial charge is 0.269 e. The van der Waals surface area contributed by atoms with Gasteiger partial charge in [0.1, 0.15) is 17.0 Å². The van der Waals surface area contributed by atoms with Gasteiger partial charge in [0.15, 0.2) is 5.78 Å². The highest BCUT2D eigenvalue weighted by Gasteiger charge is 2.64. The van der Waals surface area contributed by atoms with Gasteiger partial charge in [-0.05, 0) is 42.9 Å². The van der Waals surface area contributed by atoms with Gasteiger partial charge in [0, 0.05) is 42.0 Å². The molecule has 1 fully saturated rings. The number of benzene rings is 2. The van der Waals surface area contributed by atoms with Crippen LogP contribution in [0, 0.1) is 16.0 Å². The summed E-state index contributed by atoms with van der Waals surface area (Å²) in [5.74, 6) is -1.41. The number of likely N-dealkylation sites (tertiary alicyclic amines) is 1. The number of ketones is 1. The van der Waals surface area contributed by atoms with Crippen LogP contribution in [0.15, 0.2) is 66.9 Å². The Balaban J connectivity index is 1.74. The largest absolute Gasteiger partial charge is 0.497 e. The third-order valence-electron chi connectivity index (χ3n) is 6.87. The van der Waals surface area contributed by atoms with Crippen molar-refractivity contribution in [1.82, 2.24) is 9.88 Å². The molecule has 0 radical (unpaired) electrons. The molecule has 0 saturated carbocycles. The van der Waals surface area contributed by atoms with Crippen molar-refractivity contribution in [3.05, 3.63) is 93.8 Å². The molecule has 3 atom stereocenters. The van der Waals surface area contributed by atoms with Crippen LogP contribution in [0.4, 0.5) is 11.4 Å². The first-order chi connectivity index (χ1) is 16.4. The second-order valence-electron chi connectivity index (χ2n) is 8.53. The van der Waals surface area contributed by atoms with E-state index in [-0.39, 0.29) is 23.1 Å². The summed E-state index contributed by atoms with van der Waals surface area (Å²) in [6.07, 6.45) is 1.53. The topological polar surface area (TPSA) is 115 Å². The van der Waals surface area contributed by atoms with E-state index in [1.54, 1.807) is 62.7 Å². The van der Waals surface area contributed by atoms with E-state index in [9.17, 15) is 19.7 Å². The molecule has 0 aliphatic carbocycles.